The Morgan fingerprint density at radius 3 is 2.41 bits per heavy atom. The highest BCUT2D eigenvalue weighted by molar-refractivity contribution is 8.00. The summed E-state index contributed by atoms with van der Waals surface area (Å²) in [6, 6.07) is 7.94. The van der Waals surface area contributed by atoms with Gasteiger partial charge in [-0.2, -0.15) is 0 Å². The summed E-state index contributed by atoms with van der Waals surface area (Å²) in [5.41, 5.74) is 2.13. The summed E-state index contributed by atoms with van der Waals surface area (Å²) in [5.74, 6) is -0.0727. The lowest BCUT2D eigenvalue weighted by molar-refractivity contribution is -0.115. The largest absolute Gasteiger partial charge is 0.325 e. The fourth-order valence-corrected chi connectivity index (χ4v) is 2.59. The number of benzene rings is 1. The van der Waals surface area contributed by atoms with Crippen molar-refractivity contribution in [3.63, 3.8) is 0 Å². The number of thioether (sulfide) groups is 1. The molecule has 0 aliphatic rings. The van der Waals surface area contributed by atoms with Crippen LogP contribution in [0.5, 0.6) is 0 Å². The number of aryl methyl sites for hydroxylation is 1. The molecular weight excluding hydrogens is 298 g/mol. The average Bonchev–Trinajstić information content (AvgIpc) is 2.84. The number of amides is 1. The Labute approximate surface area is 134 Å². The number of carbonyl (C=O) groups excluding carboxylic acids is 1. The molecule has 0 bridgehead atoms. The van der Waals surface area contributed by atoms with Gasteiger partial charge in [0.2, 0.25) is 11.1 Å². The van der Waals surface area contributed by atoms with Gasteiger partial charge < -0.3 is 5.32 Å². The van der Waals surface area contributed by atoms with Crippen molar-refractivity contribution in [2.45, 2.75) is 43.5 Å². The molecule has 7 heteroatoms. The van der Waals surface area contributed by atoms with E-state index in [4.69, 9.17) is 0 Å². The van der Waals surface area contributed by atoms with Gasteiger partial charge in [-0.25, -0.2) is 4.68 Å². The van der Waals surface area contributed by atoms with Crippen LogP contribution in [0.3, 0.4) is 0 Å². The smallest absolute Gasteiger partial charge is 0.237 e. The Kier molecular flexibility index (Phi) is 4.85. The number of nitrogens with one attached hydrogen (secondary N) is 1. The van der Waals surface area contributed by atoms with Crippen LogP contribution in [0.25, 0.3) is 0 Å². The third-order valence-corrected chi connectivity index (χ3v) is 4.38. The van der Waals surface area contributed by atoms with Crippen molar-refractivity contribution in [2.24, 2.45) is 7.05 Å². The second-order valence-electron chi connectivity index (χ2n) is 6.16. The minimum absolute atomic E-state index is 0.0727. The molecule has 2 aromatic rings. The second-order valence-corrected chi connectivity index (χ2v) is 7.47. The summed E-state index contributed by atoms with van der Waals surface area (Å²) in [7, 11) is 1.75. The Balaban J connectivity index is 1.98. The molecule has 1 N–H and O–H groups in total. The van der Waals surface area contributed by atoms with E-state index in [1.54, 1.807) is 11.7 Å². The lowest BCUT2D eigenvalue weighted by Gasteiger charge is -2.19. The van der Waals surface area contributed by atoms with Crippen LogP contribution in [0, 0.1) is 0 Å². The Hall–Kier alpha value is -1.89. The monoisotopic (exact) mass is 319 g/mol. The number of nitrogens with zero attached hydrogens (tertiary/aromatic N) is 4. The molecule has 1 heterocycles. The first-order valence-electron chi connectivity index (χ1n) is 7.08. The number of anilines is 1. The van der Waals surface area contributed by atoms with E-state index in [9.17, 15) is 4.79 Å². The van der Waals surface area contributed by atoms with Crippen LogP contribution < -0.4 is 5.32 Å². The fraction of sp³-hybridized carbons (Fsp3) is 0.467. The number of rotatable bonds is 4. The fourth-order valence-electron chi connectivity index (χ4n) is 1.83. The molecule has 0 radical (unpaired) electrons. The van der Waals surface area contributed by atoms with Crippen molar-refractivity contribution in [1.82, 2.24) is 20.2 Å². The molecule has 0 saturated carbocycles. The van der Waals surface area contributed by atoms with Crippen molar-refractivity contribution in [2.75, 3.05) is 5.32 Å². The second kappa shape index (κ2) is 6.48. The molecule has 1 aromatic heterocycles. The molecule has 0 saturated heterocycles. The highest BCUT2D eigenvalue weighted by Crippen LogP contribution is 2.24. The predicted molar refractivity (Wildman–Crippen MR) is 87.9 cm³/mol. The number of tetrazole rings is 1. The van der Waals surface area contributed by atoms with Crippen molar-refractivity contribution in [3.8, 4) is 0 Å². The number of hydrogen-bond donors (Lipinski definition) is 1. The lowest BCUT2D eigenvalue weighted by Crippen LogP contribution is -2.23. The van der Waals surface area contributed by atoms with E-state index in [0.29, 0.717) is 5.16 Å². The standard InChI is InChI=1S/C15H21N5OS/c1-10(22-14-17-18-19-20(14)5)13(21)16-12-8-6-11(7-9-12)15(2,3)4/h6-10H,1-5H3,(H,16,21). The first-order chi connectivity index (χ1) is 10.3. The third-order valence-electron chi connectivity index (χ3n) is 3.25. The minimum atomic E-state index is -0.285. The summed E-state index contributed by atoms with van der Waals surface area (Å²) in [5, 5.41) is 14.4. The van der Waals surface area contributed by atoms with Crippen LogP contribution in [0.4, 0.5) is 5.69 Å². The van der Waals surface area contributed by atoms with Crippen molar-refractivity contribution in [1.29, 1.82) is 0 Å². The van der Waals surface area contributed by atoms with Crippen LogP contribution in [-0.4, -0.2) is 31.4 Å². The van der Waals surface area contributed by atoms with E-state index >= 15 is 0 Å². The maximum absolute atomic E-state index is 12.2. The zero-order chi connectivity index (χ0) is 16.3. The molecular formula is C15H21N5OS. The van der Waals surface area contributed by atoms with Gasteiger partial charge in [0.25, 0.3) is 0 Å². The minimum Gasteiger partial charge on any atom is -0.325 e. The first-order valence-corrected chi connectivity index (χ1v) is 7.96. The molecule has 1 aromatic carbocycles. The predicted octanol–water partition coefficient (Wildman–Crippen LogP) is 2.63. The van der Waals surface area contributed by atoms with Gasteiger partial charge in [0, 0.05) is 12.7 Å². The SMILES string of the molecule is CC(Sc1nnnn1C)C(=O)Nc1ccc(C(C)(C)C)cc1. The van der Waals surface area contributed by atoms with E-state index in [1.807, 2.05) is 31.2 Å². The van der Waals surface area contributed by atoms with E-state index < -0.39 is 0 Å². The molecule has 1 amide bonds. The van der Waals surface area contributed by atoms with Crippen molar-refractivity contribution >= 4 is 23.4 Å². The molecule has 6 nitrogen and oxygen atoms in total. The normalized spacial score (nSPS) is 13.0. The highest BCUT2D eigenvalue weighted by Gasteiger charge is 2.18. The van der Waals surface area contributed by atoms with Crippen LogP contribution in [-0.2, 0) is 17.3 Å². The Bertz CT molecular complexity index is 645. The van der Waals surface area contributed by atoms with E-state index in [-0.39, 0.29) is 16.6 Å². The Morgan fingerprint density at radius 1 is 1.27 bits per heavy atom. The van der Waals surface area contributed by atoms with Gasteiger partial charge >= 0.3 is 0 Å². The van der Waals surface area contributed by atoms with Gasteiger partial charge in [0.15, 0.2) is 0 Å². The van der Waals surface area contributed by atoms with Crippen LogP contribution >= 0.6 is 11.8 Å². The quantitative estimate of drug-likeness (QED) is 0.877. The zero-order valence-electron chi connectivity index (χ0n) is 13.5. The van der Waals surface area contributed by atoms with Crippen LogP contribution in [0.2, 0.25) is 0 Å². The van der Waals surface area contributed by atoms with Crippen molar-refractivity contribution < 1.29 is 4.79 Å². The number of aromatic nitrogens is 4. The van der Waals surface area contributed by atoms with Gasteiger partial charge in [0.05, 0.1) is 5.25 Å². The zero-order valence-corrected chi connectivity index (χ0v) is 14.3. The molecule has 1 unspecified atom stereocenters. The number of carbonyl (C=O) groups is 1. The topological polar surface area (TPSA) is 72.7 Å². The van der Waals surface area contributed by atoms with E-state index in [2.05, 4.69) is 41.6 Å². The lowest BCUT2D eigenvalue weighted by atomic mass is 9.87. The molecule has 118 valence electrons. The van der Waals surface area contributed by atoms with Gasteiger partial charge in [0.1, 0.15) is 0 Å². The molecule has 0 spiro atoms. The Morgan fingerprint density at radius 2 is 1.91 bits per heavy atom. The molecule has 1 atom stereocenters. The summed E-state index contributed by atoms with van der Waals surface area (Å²) in [4.78, 5) is 12.2. The maximum Gasteiger partial charge on any atom is 0.237 e. The third kappa shape index (κ3) is 4.07. The van der Waals surface area contributed by atoms with Gasteiger partial charge in [-0.15, -0.1) is 5.10 Å². The van der Waals surface area contributed by atoms with Gasteiger partial charge in [-0.1, -0.05) is 44.7 Å². The van der Waals surface area contributed by atoms with Gasteiger partial charge in [-0.3, -0.25) is 4.79 Å². The van der Waals surface area contributed by atoms with Gasteiger partial charge in [-0.05, 0) is 40.5 Å². The molecule has 2 rings (SSSR count). The highest BCUT2D eigenvalue weighted by atomic mass is 32.2. The average molecular weight is 319 g/mol. The van der Waals surface area contributed by atoms with Crippen LogP contribution in [0.1, 0.15) is 33.3 Å². The molecule has 0 fully saturated rings. The van der Waals surface area contributed by atoms with Crippen molar-refractivity contribution in [3.05, 3.63) is 29.8 Å². The summed E-state index contributed by atoms with van der Waals surface area (Å²) < 4.78 is 1.55. The summed E-state index contributed by atoms with van der Waals surface area (Å²) in [6.07, 6.45) is 0. The summed E-state index contributed by atoms with van der Waals surface area (Å²) in [6.45, 7) is 8.31. The van der Waals surface area contributed by atoms with E-state index in [1.165, 1.54) is 17.3 Å². The first kappa shape index (κ1) is 16.5. The molecule has 0 aliphatic heterocycles. The number of hydrogen-bond acceptors (Lipinski definition) is 5. The molecule has 22 heavy (non-hydrogen) atoms. The summed E-state index contributed by atoms with van der Waals surface area (Å²) >= 11 is 1.33. The van der Waals surface area contributed by atoms with E-state index in [0.717, 1.165) is 5.69 Å². The van der Waals surface area contributed by atoms with Crippen LogP contribution in [0.15, 0.2) is 29.4 Å². The molecule has 0 aliphatic carbocycles. The maximum atomic E-state index is 12.2.